The Bertz CT molecular complexity index is 900. The summed E-state index contributed by atoms with van der Waals surface area (Å²) in [6.45, 7) is 4.50. The molecule has 1 aliphatic heterocycles. The van der Waals surface area contributed by atoms with Gasteiger partial charge in [0.05, 0.1) is 12.8 Å². The van der Waals surface area contributed by atoms with Crippen LogP contribution in [0.3, 0.4) is 0 Å². The molecule has 3 rings (SSSR count). The van der Waals surface area contributed by atoms with Crippen LogP contribution in [0.1, 0.15) is 25.3 Å². The minimum absolute atomic E-state index is 0.159. The highest BCUT2D eigenvalue weighted by Gasteiger charge is 2.23. The highest BCUT2D eigenvalue weighted by atomic mass is 35.5. The number of nitrogens with one attached hydrogen (secondary N) is 2. The van der Waals surface area contributed by atoms with E-state index in [1.54, 1.807) is 25.1 Å². The molecule has 2 aromatic rings. The van der Waals surface area contributed by atoms with Crippen molar-refractivity contribution in [2.24, 2.45) is 0 Å². The van der Waals surface area contributed by atoms with E-state index in [1.165, 1.54) is 7.11 Å². The number of hydrogen-bond donors (Lipinski definition) is 2. The number of halogens is 1. The number of rotatable bonds is 6. The number of ether oxygens (including phenoxy) is 1. The van der Waals surface area contributed by atoms with E-state index in [1.807, 2.05) is 30.0 Å². The summed E-state index contributed by atoms with van der Waals surface area (Å²) < 4.78 is 5.26. The first-order valence-corrected chi connectivity index (χ1v) is 9.59. The molecule has 7 heteroatoms. The van der Waals surface area contributed by atoms with Crippen LogP contribution in [0.5, 0.6) is 5.75 Å². The number of hydrogen-bond acceptors (Lipinski definition) is 4. The molecular weight excluding hydrogens is 378 g/mol. The summed E-state index contributed by atoms with van der Waals surface area (Å²) in [7, 11) is 1.54. The van der Waals surface area contributed by atoms with E-state index in [4.69, 9.17) is 16.3 Å². The van der Waals surface area contributed by atoms with Gasteiger partial charge in [0.2, 0.25) is 11.8 Å². The van der Waals surface area contributed by atoms with Gasteiger partial charge >= 0.3 is 0 Å². The number of anilines is 3. The summed E-state index contributed by atoms with van der Waals surface area (Å²) in [5.74, 6) is 0.490. The second-order valence-electron chi connectivity index (χ2n) is 6.85. The standard InChI is InChI=1S/C21H24ClN3O3/c1-13-11-16(7-8-18(13)25-10-4-5-20(25)26)23-14(2)21(27)24-17-12-15(22)6-9-19(17)28-3/h6-9,11-12,14,23H,4-5,10H2,1-3H3,(H,24,27)/t14-/m1/s1. The van der Waals surface area contributed by atoms with Gasteiger partial charge < -0.3 is 20.3 Å². The number of methoxy groups -OCH3 is 1. The highest BCUT2D eigenvalue weighted by Crippen LogP contribution is 2.29. The number of benzene rings is 2. The van der Waals surface area contributed by atoms with E-state index < -0.39 is 6.04 Å². The fraction of sp³-hybridized carbons (Fsp3) is 0.333. The predicted octanol–water partition coefficient (Wildman–Crippen LogP) is 4.22. The molecule has 0 aliphatic carbocycles. The molecule has 0 aromatic heterocycles. The molecule has 1 saturated heterocycles. The minimum atomic E-state index is -0.484. The third-order valence-electron chi connectivity index (χ3n) is 4.76. The van der Waals surface area contributed by atoms with Crippen LogP contribution in [0.2, 0.25) is 5.02 Å². The molecule has 1 aliphatic rings. The molecule has 1 fully saturated rings. The molecule has 1 heterocycles. The molecule has 0 unspecified atom stereocenters. The van der Waals surface area contributed by atoms with Crippen LogP contribution >= 0.6 is 11.6 Å². The van der Waals surface area contributed by atoms with E-state index >= 15 is 0 Å². The van der Waals surface area contributed by atoms with E-state index in [9.17, 15) is 9.59 Å². The second kappa shape index (κ2) is 8.52. The zero-order valence-corrected chi connectivity index (χ0v) is 17.0. The molecular formula is C21H24ClN3O3. The summed E-state index contributed by atoms with van der Waals surface area (Å²) >= 11 is 6.01. The summed E-state index contributed by atoms with van der Waals surface area (Å²) in [5.41, 5.74) is 3.25. The number of aryl methyl sites for hydroxylation is 1. The Morgan fingerprint density at radius 3 is 2.68 bits per heavy atom. The molecule has 0 spiro atoms. The lowest BCUT2D eigenvalue weighted by atomic mass is 10.1. The quantitative estimate of drug-likeness (QED) is 0.760. The maximum absolute atomic E-state index is 12.6. The van der Waals surface area contributed by atoms with Gasteiger partial charge in [0, 0.05) is 29.4 Å². The fourth-order valence-electron chi connectivity index (χ4n) is 3.29. The Kier molecular flexibility index (Phi) is 6.09. The van der Waals surface area contributed by atoms with E-state index in [0.717, 1.165) is 29.9 Å². The summed E-state index contributed by atoms with van der Waals surface area (Å²) in [5, 5.41) is 6.54. The fourth-order valence-corrected chi connectivity index (χ4v) is 3.46. The van der Waals surface area contributed by atoms with Crippen LogP contribution in [0, 0.1) is 6.92 Å². The molecule has 2 N–H and O–H groups in total. The van der Waals surface area contributed by atoms with Crippen molar-refractivity contribution in [3.05, 3.63) is 47.0 Å². The maximum atomic E-state index is 12.6. The Balaban J connectivity index is 1.68. The second-order valence-corrected chi connectivity index (χ2v) is 7.29. The van der Waals surface area contributed by atoms with Crippen LogP contribution in [0.25, 0.3) is 0 Å². The van der Waals surface area contributed by atoms with Gasteiger partial charge in [0.15, 0.2) is 0 Å². The third-order valence-corrected chi connectivity index (χ3v) is 4.99. The molecule has 28 heavy (non-hydrogen) atoms. The van der Waals surface area contributed by atoms with Gasteiger partial charge in [0.25, 0.3) is 0 Å². The summed E-state index contributed by atoms with van der Waals surface area (Å²) in [6.07, 6.45) is 1.49. The number of carbonyl (C=O) groups excluding carboxylic acids is 2. The molecule has 1 atom stereocenters. The van der Waals surface area contributed by atoms with Crippen LogP contribution in [0.15, 0.2) is 36.4 Å². The molecule has 2 amide bonds. The topological polar surface area (TPSA) is 70.7 Å². The number of nitrogens with zero attached hydrogens (tertiary/aromatic N) is 1. The van der Waals surface area contributed by atoms with E-state index in [2.05, 4.69) is 10.6 Å². The van der Waals surface area contributed by atoms with Crippen molar-refractivity contribution in [2.45, 2.75) is 32.7 Å². The lowest BCUT2D eigenvalue weighted by molar-refractivity contribution is -0.117. The Hall–Kier alpha value is -2.73. The van der Waals surface area contributed by atoms with Crippen LogP contribution in [-0.4, -0.2) is 31.5 Å². The van der Waals surface area contributed by atoms with Crippen molar-refractivity contribution in [3.8, 4) is 5.75 Å². The van der Waals surface area contributed by atoms with Gasteiger partial charge in [-0.2, -0.15) is 0 Å². The van der Waals surface area contributed by atoms with Gasteiger partial charge in [-0.25, -0.2) is 0 Å². The van der Waals surface area contributed by atoms with Crippen molar-refractivity contribution in [1.82, 2.24) is 0 Å². The minimum Gasteiger partial charge on any atom is -0.495 e. The average Bonchev–Trinajstić information content (AvgIpc) is 3.07. The van der Waals surface area contributed by atoms with Crippen molar-refractivity contribution in [3.63, 3.8) is 0 Å². The van der Waals surface area contributed by atoms with E-state index in [0.29, 0.717) is 22.9 Å². The number of amides is 2. The highest BCUT2D eigenvalue weighted by molar-refractivity contribution is 6.31. The largest absolute Gasteiger partial charge is 0.495 e. The lowest BCUT2D eigenvalue weighted by Gasteiger charge is -2.21. The average molecular weight is 402 g/mol. The lowest BCUT2D eigenvalue weighted by Crippen LogP contribution is -2.32. The number of carbonyl (C=O) groups is 2. The molecule has 2 aromatic carbocycles. The summed E-state index contributed by atoms with van der Waals surface area (Å²) in [4.78, 5) is 26.4. The zero-order chi connectivity index (χ0) is 20.3. The molecule has 0 bridgehead atoms. The Morgan fingerprint density at radius 1 is 1.25 bits per heavy atom. The monoisotopic (exact) mass is 401 g/mol. The smallest absolute Gasteiger partial charge is 0.246 e. The van der Waals surface area contributed by atoms with Crippen LogP contribution < -0.4 is 20.3 Å². The molecule has 0 saturated carbocycles. The van der Waals surface area contributed by atoms with Gasteiger partial charge in [-0.3, -0.25) is 9.59 Å². The van der Waals surface area contributed by atoms with Gasteiger partial charge in [-0.1, -0.05) is 11.6 Å². The first kappa shape index (κ1) is 20.0. The molecule has 6 nitrogen and oxygen atoms in total. The van der Waals surface area contributed by atoms with Crippen LogP contribution in [0.4, 0.5) is 17.1 Å². The first-order valence-electron chi connectivity index (χ1n) is 9.21. The van der Waals surface area contributed by atoms with Crippen molar-refractivity contribution in [1.29, 1.82) is 0 Å². The van der Waals surface area contributed by atoms with Gasteiger partial charge in [-0.15, -0.1) is 0 Å². The van der Waals surface area contributed by atoms with Crippen molar-refractivity contribution < 1.29 is 14.3 Å². The van der Waals surface area contributed by atoms with Crippen molar-refractivity contribution in [2.75, 3.05) is 29.2 Å². The molecule has 148 valence electrons. The third kappa shape index (κ3) is 4.39. The first-order chi connectivity index (χ1) is 13.4. The SMILES string of the molecule is COc1ccc(Cl)cc1NC(=O)[C@@H](C)Nc1ccc(N2CCCC2=O)c(C)c1. The predicted molar refractivity (Wildman–Crippen MR) is 112 cm³/mol. The van der Waals surface area contributed by atoms with Crippen LogP contribution in [-0.2, 0) is 9.59 Å². The van der Waals surface area contributed by atoms with Gasteiger partial charge in [0.1, 0.15) is 11.8 Å². The Morgan fingerprint density at radius 2 is 2.04 bits per heavy atom. The molecule has 0 radical (unpaired) electrons. The maximum Gasteiger partial charge on any atom is 0.246 e. The normalized spacial score (nSPS) is 14.7. The van der Waals surface area contributed by atoms with Crippen molar-refractivity contribution >= 4 is 40.5 Å². The van der Waals surface area contributed by atoms with Gasteiger partial charge in [-0.05, 0) is 62.2 Å². The zero-order valence-electron chi connectivity index (χ0n) is 16.2. The van der Waals surface area contributed by atoms with E-state index in [-0.39, 0.29) is 11.8 Å². The Labute approximate surface area is 169 Å². The summed E-state index contributed by atoms with van der Waals surface area (Å²) in [6, 6.07) is 10.3.